The highest BCUT2D eigenvalue weighted by Gasteiger charge is 2.19. The minimum Gasteiger partial charge on any atom is -0.364 e. The minimum atomic E-state index is 0.768. The van der Waals surface area contributed by atoms with E-state index in [1.165, 1.54) is 11.3 Å². The Balaban J connectivity index is 1.54. The Morgan fingerprint density at radius 1 is 1.18 bits per heavy atom. The molecule has 1 N–H and O–H groups in total. The second kappa shape index (κ2) is 5.69. The predicted molar refractivity (Wildman–Crippen MR) is 83.9 cm³/mol. The van der Waals surface area contributed by atoms with Gasteiger partial charge in [0.15, 0.2) is 5.82 Å². The summed E-state index contributed by atoms with van der Waals surface area (Å²) in [6, 6.07) is 8.07. The monoisotopic (exact) mass is 291 g/mol. The smallest absolute Gasteiger partial charge is 0.160 e. The average molecular weight is 291 g/mol. The second-order valence-corrected chi connectivity index (χ2v) is 5.56. The minimum absolute atomic E-state index is 0.768. The van der Waals surface area contributed by atoms with Gasteiger partial charge in [-0.15, -0.1) is 0 Å². The Kier molecular flexibility index (Phi) is 3.40. The SMILES string of the molecule is c1cncc(-c2ncc3c(n2)CCN(Cc2ccc[nH]2)C3)c1. The number of hydrogen-bond acceptors (Lipinski definition) is 4. The van der Waals surface area contributed by atoms with Crippen molar-refractivity contribution >= 4 is 0 Å². The van der Waals surface area contributed by atoms with E-state index in [2.05, 4.69) is 25.9 Å². The first-order valence-corrected chi connectivity index (χ1v) is 7.48. The molecular weight excluding hydrogens is 274 g/mol. The van der Waals surface area contributed by atoms with E-state index >= 15 is 0 Å². The van der Waals surface area contributed by atoms with Gasteiger partial charge in [0, 0.05) is 67.7 Å². The van der Waals surface area contributed by atoms with Crippen LogP contribution in [-0.4, -0.2) is 31.4 Å². The maximum absolute atomic E-state index is 4.73. The van der Waals surface area contributed by atoms with Crippen LogP contribution >= 0.6 is 0 Å². The van der Waals surface area contributed by atoms with Gasteiger partial charge in [-0.25, -0.2) is 9.97 Å². The summed E-state index contributed by atoms with van der Waals surface area (Å²) < 4.78 is 0. The van der Waals surface area contributed by atoms with Crippen molar-refractivity contribution in [3.63, 3.8) is 0 Å². The summed E-state index contributed by atoms with van der Waals surface area (Å²) in [5.41, 5.74) is 4.61. The highest BCUT2D eigenvalue weighted by Crippen LogP contribution is 2.21. The molecule has 0 aromatic carbocycles. The van der Waals surface area contributed by atoms with Gasteiger partial charge in [-0.1, -0.05) is 0 Å². The van der Waals surface area contributed by atoms with Crippen molar-refractivity contribution in [1.29, 1.82) is 0 Å². The molecule has 0 aliphatic carbocycles. The summed E-state index contributed by atoms with van der Waals surface area (Å²) in [6.07, 6.45) is 8.47. The number of fused-ring (bicyclic) bond motifs is 1. The molecule has 4 rings (SSSR count). The molecule has 3 aromatic heterocycles. The number of aromatic amines is 1. The molecule has 3 aromatic rings. The van der Waals surface area contributed by atoms with Gasteiger partial charge in [0.05, 0.1) is 5.69 Å². The lowest BCUT2D eigenvalue weighted by atomic mass is 10.1. The fourth-order valence-electron chi connectivity index (χ4n) is 2.85. The first-order chi connectivity index (χ1) is 10.9. The number of hydrogen-bond donors (Lipinski definition) is 1. The van der Waals surface area contributed by atoms with Gasteiger partial charge >= 0.3 is 0 Å². The zero-order valence-corrected chi connectivity index (χ0v) is 12.2. The zero-order valence-electron chi connectivity index (χ0n) is 12.2. The molecule has 1 aliphatic heterocycles. The first-order valence-electron chi connectivity index (χ1n) is 7.48. The fraction of sp³-hybridized carbons (Fsp3) is 0.235. The third-order valence-corrected chi connectivity index (χ3v) is 3.99. The van der Waals surface area contributed by atoms with Crippen LogP contribution < -0.4 is 0 Å². The molecule has 5 heteroatoms. The number of H-pyrrole nitrogens is 1. The van der Waals surface area contributed by atoms with Gasteiger partial charge in [0.1, 0.15) is 0 Å². The van der Waals surface area contributed by atoms with Crippen LogP contribution in [0.1, 0.15) is 17.0 Å². The van der Waals surface area contributed by atoms with Crippen LogP contribution in [0.2, 0.25) is 0 Å². The molecule has 5 nitrogen and oxygen atoms in total. The predicted octanol–water partition coefficient (Wildman–Crippen LogP) is 2.43. The third kappa shape index (κ3) is 2.63. The van der Waals surface area contributed by atoms with Gasteiger partial charge in [-0.2, -0.15) is 0 Å². The molecule has 0 unspecified atom stereocenters. The molecule has 0 atom stereocenters. The van der Waals surface area contributed by atoms with Crippen LogP contribution in [-0.2, 0) is 19.5 Å². The van der Waals surface area contributed by atoms with E-state index in [1.54, 1.807) is 6.20 Å². The van der Waals surface area contributed by atoms with Gasteiger partial charge in [0.2, 0.25) is 0 Å². The molecule has 0 saturated heterocycles. The summed E-state index contributed by atoms with van der Waals surface area (Å²) in [5, 5.41) is 0. The van der Waals surface area contributed by atoms with E-state index in [4.69, 9.17) is 4.98 Å². The Labute approximate surface area is 129 Å². The van der Waals surface area contributed by atoms with E-state index in [0.717, 1.165) is 43.1 Å². The molecule has 0 bridgehead atoms. The van der Waals surface area contributed by atoms with Gasteiger partial charge < -0.3 is 4.98 Å². The summed E-state index contributed by atoms with van der Waals surface area (Å²) in [4.78, 5) is 19.0. The highest BCUT2D eigenvalue weighted by atomic mass is 15.1. The standard InChI is InChI=1S/C17H17N5/c1-3-13(9-18-6-1)17-20-10-14-11-22(8-5-16(14)21-17)12-15-4-2-7-19-15/h1-4,6-7,9-10,19H,5,8,11-12H2. The Bertz CT molecular complexity index is 752. The maximum Gasteiger partial charge on any atom is 0.160 e. The lowest BCUT2D eigenvalue weighted by Crippen LogP contribution is -2.31. The quantitative estimate of drug-likeness (QED) is 0.805. The fourth-order valence-corrected chi connectivity index (χ4v) is 2.85. The molecule has 110 valence electrons. The number of nitrogens with one attached hydrogen (secondary N) is 1. The average Bonchev–Trinajstić information content (AvgIpc) is 3.08. The van der Waals surface area contributed by atoms with E-state index in [-0.39, 0.29) is 0 Å². The normalized spacial score (nSPS) is 14.7. The molecule has 0 saturated carbocycles. The van der Waals surface area contributed by atoms with Crippen LogP contribution in [0, 0.1) is 0 Å². The molecule has 22 heavy (non-hydrogen) atoms. The summed E-state index contributed by atoms with van der Waals surface area (Å²) in [7, 11) is 0. The molecule has 0 amide bonds. The van der Waals surface area contributed by atoms with Crippen LogP contribution in [0.15, 0.2) is 49.1 Å². The van der Waals surface area contributed by atoms with Crippen LogP contribution in [0.5, 0.6) is 0 Å². The van der Waals surface area contributed by atoms with E-state index in [0.29, 0.717) is 0 Å². The van der Waals surface area contributed by atoms with Crippen molar-refractivity contribution in [2.24, 2.45) is 0 Å². The van der Waals surface area contributed by atoms with Gasteiger partial charge in [-0.3, -0.25) is 9.88 Å². The van der Waals surface area contributed by atoms with Gasteiger partial charge in [-0.05, 0) is 24.3 Å². The number of aromatic nitrogens is 4. The van der Waals surface area contributed by atoms with Crippen molar-refractivity contribution in [2.75, 3.05) is 6.54 Å². The topological polar surface area (TPSA) is 57.7 Å². The highest BCUT2D eigenvalue weighted by molar-refractivity contribution is 5.53. The maximum atomic E-state index is 4.73. The zero-order chi connectivity index (χ0) is 14.8. The molecule has 0 radical (unpaired) electrons. The van der Waals surface area contributed by atoms with E-state index < -0.39 is 0 Å². The summed E-state index contributed by atoms with van der Waals surface area (Å²) in [5.74, 6) is 0.768. The van der Waals surface area contributed by atoms with Crippen molar-refractivity contribution in [3.8, 4) is 11.4 Å². The second-order valence-electron chi connectivity index (χ2n) is 5.56. The third-order valence-electron chi connectivity index (χ3n) is 3.99. The summed E-state index contributed by atoms with van der Waals surface area (Å²) >= 11 is 0. The molecule has 0 spiro atoms. The van der Waals surface area contributed by atoms with Crippen molar-refractivity contribution in [2.45, 2.75) is 19.5 Å². The van der Waals surface area contributed by atoms with Crippen molar-refractivity contribution in [3.05, 3.63) is 66.0 Å². The largest absolute Gasteiger partial charge is 0.364 e. The number of pyridine rings is 1. The lowest BCUT2D eigenvalue weighted by Gasteiger charge is -2.27. The van der Waals surface area contributed by atoms with Crippen molar-refractivity contribution in [1.82, 2.24) is 24.8 Å². The molecule has 1 aliphatic rings. The van der Waals surface area contributed by atoms with Crippen LogP contribution in [0.25, 0.3) is 11.4 Å². The van der Waals surface area contributed by atoms with E-state index in [1.807, 2.05) is 36.8 Å². The number of rotatable bonds is 3. The van der Waals surface area contributed by atoms with Crippen molar-refractivity contribution < 1.29 is 0 Å². The van der Waals surface area contributed by atoms with Crippen LogP contribution in [0.4, 0.5) is 0 Å². The first kappa shape index (κ1) is 13.2. The Hall–Kier alpha value is -2.53. The van der Waals surface area contributed by atoms with Gasteiger partial charge in [0.25, 0.3) is 0 Å². The molecule has 0 fully saturated rings. The van der Waals surface area contributed by atoms with E-state index in [9.17, 15) is 0 Å². The summed E-state index contributed by atoms with van der Waals surface area (Å²) in [6.45, 7) is 2.87. The van der Waals surface area contributed by atoms with Crippen LogP contribution in [0.3, 0.4) is 0 Å². The molecule has 4 heterocycles. The molecular formula is C17H17N5. The Morgan fingerprint density at radius 2 is 2.18 bits per heavy atom. The lowest BCUT2D eigenvalue weighted by molar-refractivity contribution is 0.240. The number of nitrogens with zero attached hydrogens (tertiary/aromatic N) is 4. The Morgan fingerprint density at radius 3 is 3.00 bits per heavy atom.